The predicted octanol–water partition coefficient (Wildman–Crippen LogP) is 1.19. The van der Waals surface area contributed by atoms with Crippen LogP contribution in [0.25, 0.3) is 10.7 Å². The number of thiophene rings is 1. The minimum absolute atomic E-state index is 0.0557. The molecule has 6 nitrogen and oxygen atoms in total. The lowest BCUT2D eigenvalue weighted by atomic mass is 10.2. The first-order chi connectivity index (χ1) is 9.11. The van der Waals surface area contributed by atoms with Gasteiger partial charge in [0.1, 0.15) is 5.82 Å². The Bertz CT molecular complexity index is 634. The first-order valence-corrected chi connectivity index (χ1v) is 6.58. The lowest BCUT2D eigenvalue weighted by Crippen LogP contribution is -2.22. The lowest BCUT2D eigenvalue weighted by Gasteiger charge is -2.05. The second-order valence-corrected chi connectivity index (χ2v) is 4.69. The van der Waals surface area contributed by atoms with E-state index in [9.17, 15) is 9.59 Å². The third-order valence-electron chi connectivity index (χ3n) is 2.43. The Morgan fingerprint density at radius 3 is 2.95 bits per heavy atom. The molecule has 0 saturated heterocycles. The lowest BCUT2D eigenvalue weighted by molar-refractivity contribution is -0.142. The summed E-state index contributed by atoms with van der Waals surface area (Å²) in [5, 5.41) is 1.87. The molecule has 0 atom stereocenters. The quantitative estimate of drug-likeness (QED) is 0.819. The van der Waals surface area contributed by atoms with E-state index in [1.165, 1.54) is 11.3 Å². The van der Waals surface area contributed by atoms with Crippen molar-refractivity contribution in [1.29, 1.82) is 0 Å². The van der Waals surface area contributed by atoms with Crippen LogP contribution in [0, 0.1) is 0 Å². The molecule has 2 rings (SSSR count). The average molecular weight is 279 g/mol. The number of nitrogen functional groups attached to an aromatic ring is 1. The highest BCUT2D eigenvalue weighted by atomic mass is 32.1. The van der Waals surface area contributed by atoms with Crippen molar-refractivity contribution in [3.05, 3.63) is 33.4 Å². The number of ether oxygens (including phenoxy) is 1. The van der Waals surface area contributed by atoms with Crippen molar-refractivity contribution in [3.8, 4) is 10.7 Å². The number of aromatic nitrogens is 2. The summed E-state index contributed by atoms with van der Waals surface area (Å²) in [5.74, 6) is -0.0318. The number of nitrogens with one attached hydrogen (secondary N) is 1. The van der Waals surface area contributed by atoms with Gasteiger partial charge < -0.3 is 15.5 Å². The minimum Gasteiger partial charge on any atom is -0.466 e. The van der Waals surface area contributed by atoms with Gasteiger partial charge in [-0.3, -0.25) is 9.59 Å². The van der Waals surface area contributed by atoms with Crippen LogP contribution in [0.1, 0.15) is 12.5 Å². The second kappa shape index (κ2) is 5.66. The molecule has 0 aliphatic rings. The van der Waals surface area contributed by atoms with Crippen LogP contribution in [-0.4, -0.2) is 22.5 Å². The van der Waals surface area contributed by atoms with E-state index in [0.717, 1.165) is 4.88 Å². The van der Waals surface area contributed by atoms with Gasteiger partial charge in [0.25, 0.3) is 5.56 Å². The van der Waals surface area contributed by atoms with E-state index >= 15 is 0 Å². The van der Waals surface area contributed by atoms with E-state index < -0.39 is 11.5 Å². The standard InChI is InChI=1S/C12H13N3O3S/c1-2-18-9(16)6-7-10(13)14-11(15-12(7)17)8-4-3-5-19-8/h3-5H,2,6H2,1H3,(H3,13,14,15,17). The highest BCUT2D eigenvalue weighted by Gasteiger charge is 2.14. The van der Waals surface area contributed by atoms with E-state index in [1.807, 2.05) is 17.5 Å². The normalized spacial score (nSPS) is 10.4. The third kappa shape index (κ3) is 3.00. The number of H-pyrrole nitrogens is 1. The molecule has 0 spiro atoms. The zero-order valence-corrected chi connectivity index (χ0v) is 11.1. The van der Waals surface area contributed by atoms with Crippen LogP contribution in [0.4, 0.5) is 5.82 Å². The Labute approximate surface area is 113 Å². The second-order valence-electron chi connectivity index (χ2n) is 3.74. The summed E-state index contributed by atoms with van der Waals surface area (Å²) >= 11 is 1.44. The fraction of sp³-hybridized carbons (Fsp3) is 0.250. The van der Waals surface area contributed by atoms with Gasteiger partial charge in [0, 0.05) is 0 Å². The van der Waals surface area contributed by atoms with Crippen LogP contribution < -0.4 is 11.3 Å². The molecule has 2 aromatic heterocycles. The van der Waals surface area contributed by atoms with Gasteiger partial charge in [-0.1, -0.05) is 6.07 Å². The average Bonchev–Trinajstić information content (AvgIpc) is 2.87. The largest absolute Gasteiger partial charge is 0.466 e. The van der Waals surface area contributed by atoms with Crippen LogP contribution >= 0.6 is 11.3 Å². The molecule has 0 aliphatic carbocycles. The topological polar surface area (TPSA) is 98.1 Å². The number of anilines is 1. The molecule has 0 aliphatic heterocycles. The maximum absolute atomic E-state index is 11.9. The number of nitrogens with two attached hydrogens (primary N) is 1. The summed E-state index contributed by atoms with van der Waals surface area (Å²) in [6.07, 6.45) is -0.174. The molecule has 0 bridgehead atoms. The Kier molecular flexibility index (Phi) is 3.96. The van der Waals surface area contributed by atoms with Crippen LogP contribution in [0.15, 0.2) is 22.3 Å². The molecule has 0 fully saturated rings. The van der Waals surface area contributed by atoms with Crippen molar-refractivity contribution < 1.29 is 9.53 Å². The number of aromatic amines is 1. The highest BCUT2D eigenvalue weighted by molar-refractivity contribution is 7.13. The molecule has 0 saturated carbocycles. The first-order valence-electron chi connectivity index (χ1n) is 5.70. The molecule has 2 aromatic rings. The van der Waals surface area contributed by atoms with E-state index in [2.05, 4.69) is 9.97 Å². The summed E-state index contributed by atoms with van der Waals surface area (Å²) in [4.78, 5) is 30.8. The molecule has 3 N–H and O–H groups in total. The fourth-order valence-electron chi connectivity index (χ4n) is 1.57. The van der Waals surface area contributed by atoms with E-state index in [0.29, 0.717) is 5.82 Å². The Morgan fingerprint density at radius 1 is 1.58 bits per heavy atom. The van der Waals surface area contributed by atoms with E-state index in [-0.39, 0.29) is 24.4 Å². The molecule has 7 heteroatoms. The molecule has 0 amide bonds. The smallest absolute Gasteiger partial charge is 0.310 e. The van der Waals surface area contributed by atoms with E-state index in [1.54, 1.807) is 6.92 Å². The van der Waals surface area contributed by atoms with Gasteiger partial charge in [-0.05, 0) is 18.4 Å². The van der Waals surface area contributed by atoms with Crippen molar-refractivity contribution in [3.63, 3.8) is 0 Å². The maximum atomic E-state index is 11.9. The van der Waals surface area contributed by atoms with Crippen molar-refractivity contribution >= 4 is 23.1 Å². The maximum Gasteiger partial charge on any atom is 0.310 e. The van der Waals surface area contributed by atoms with Gasteiger partial charge in [0.05, 0.1) is 23.5 Å². The highest BCUT2D eigenvalue weighted by Crippen LogP contribution is 2.21. The van der Waals surface area contributed by atoms with Crippen molar-refractivity contribution in [1.82, 2.24) is 9.97 Å². The Morgan fingerprint density at radius 2 is 2.37 bits per heavy atom. The van der Waals surface area contributed by atoms with Crippen LogP contribution in [0.2, 0.25) is 0 Å². The van der Waals surface area contributed by atoms with Gasteiger partial charge in [-0.2, -0.15) is 0 Å². The molecule has 100 valence electrons. The Hall–Kier alpha value is -2.15. The number of hydrogen-bond acceptors (Lipinski definition) is 6. The molecular weight excluding hydrogens is 266 g/mol. The monoisotopic (exact) mass is 279 g/mol. The molecule has 2 heterocycles. The van der Waals surface area contributed by atoms with Crippen LogP contribution in [0.3, 0.4) is 0 Å². The van der Waals surface area contributed by atoms with Crippen molar-refractivity contribution in [2.24, 2.45) is 0 Å². The molecule has 19 heavy (non-hydrogen) atoms. The summed E-state index contributed by atoms with van der Waals surface area (Å²) in [6, 6.07) is 3.68. The number of rotatable bonds is 4. The molecular formula is C12H13N3O3S. The van der Waals surface area contributed by atoms with Crippen LogP contribution in [0.5, 0.6) is 0 Å². The van der Waals surface area contributed by atoms with Gasteiger partial charge in [-0.15, -0.1) is 11.3 Å². The number of esters is 1. The first kappa shape index (κ1) is 13.3. The third-order valence-corrected chi connectivity index (χ3v) is 3.31. The zero-order chi connectivity index (χ0) is 13.8. The van der Waals surface area contributed by atoms with Crippen LogP contribution in [-0.2, 0) is 16.0 Å². The van der Waals surface area contributed by atoms with Gasteiger partial charge in [0.2, 0.25) is 0 Å². The zero-order valence-electron chi connectivity index (χ0n) is 10.3. The summed E-state index contributed by atoms with van der Waals surface area (Å²) in [5.41, 5.74) is 5.46. The number of nitrogens with zero attached hydrogens (tertiary/aromatic N) is 1. The van der Waals surface area contributed by atoms with Gasteiger partial charge >= 0.3 is 5.97 Å². The van der Waals surface area contributed by atoms with Crippen molar-refractivity contribution in [2.45, 2.75) is 13.3 Å². The van der Waals surface area contributed by atoms with Gasteiger partial charge in [0.15, 0.2) is 5.82 Å². The minimum atomic E-state index is -0.495. The molecule has 0 unspecified atom stereocenters. The predicted molar refractivity (Wildman–Crippen MR) is 72.9 cm³/mol. The summed E-state index contributed by atoms with van der Waals surface area (Å²) < 4.78 is 4.79. The fourth-order valence-corrected chi connectivity index (χ4v) is 2.24. The summed E-state index contributed by atoms with van der Waals surface area (Å²) in [6.45, 7) is 1.96. The molecule has 0 aromatic carbocycles. The molecule has 0 radical (unpaired) electrons. The van der Waals surface area contributed by atoms with Gasteiger partial charge in [-0.25, -0.2) is 4.98 Å². The number of hydrogen-bond donors (Lipinski definition) is 2. The summed E-state index contributed by atoms with van der Waals surface area (Å²) in [7, 11) is 0. The SMILES string of the molecule is CCOC(=O)Cc1c(N)nc(-c2cccs2)[nH]c1=O. The number of carbonyl (C=O) groups excluding carboxylic acids is 1. The number of carbonyl (C=O) groups is 1. The Balaban J connectivity index is 2.33. The van der Waals surface area contributed by atoms with Crippen molar-refractivity contribution in [2.75, 3.05) is 12.3 Å². The van der Waals surface area contributed by atoms with E-state index in [4.69, 9.17) is 10.5 Å².